The Hall–Kier alpha value is -1.70. The summed E-state index contributed by atoms with van der Waals surface area (Å²) in [6, 6.07) is 8.91. The second kappa shape index (κ2) is 8.54. The van der Waals surface area contributed by atoms with E-state index in [1.165, 1.54) is 10.9 Å². The molecular weight excluding hydrogens is 381 g/mol. The van der Waals surface area contributed by atoms with Crippen LogP contribution in [0.15, 0.2) is 40.9 Å². The van der Waals surface area contributed by atoms with E-state index in [-0.39, 0.29) is 11.9 Å². The summed E-state index contributed by atoms with van der Waals surface area (Å²) in [5.74, 6) is 1.34. The average Bonchev–Trinajstić information content (AvgIpc) is 3.41. The normalized spacial score (nSPS) is 16.9. The number of hydrogen-bond acceptors (Lipinski definition) is 5. The van der Waals surface area contributed by atoms with Crippen LogP contribution in [0.5, 0.6) is 0 Å². The number of aromatic nitrogens is 3. The summed E-state index contributed by atoms with van der Waals surface area (Å²) in [6.07, 6.45) is 3.39. The van der Waals surface area contributed by atoms with E-state index in [9.17, 15) is 4.39 Å². The van der Waals surface area contributed by atoms with E-state index in [0.29, 0.717) is 5.75 Å². The van der Waals surface area contributed by atoms with Gasteiger partial charge in [-0.05, 0) is 43.0 Å². The monoisotopic (exact) mass is 403 g/mol. The largest absolute Gasteiger partial charge is 0.376 e. The Morgan fingerprint density at radius 3 is 3.00 bits per heavy atom. The molecule has 3 heterocycles. The maximum absolute atomic E-state index is 13.4. The lowest BCUT2D eigenvalue weighted by Gasteiger charge is -2.14. The Bertz CT molecular complexity index is 902. The van der Waals surface area contributed by atoms with Crippen molar-refractivity contribution in [3.05, 3.63) is 52.0 Å². The van der Waals surface area contributed by atoms with Crippen LogP contribution in [0, 0.1) is 5.82 Å². The summed E-state index contributed by atoms with van der Waals surface area (Å²) >= 11 is 3.35. The minimum absolute atomic E-state index is 0.206. The van der Waals surface area contributed by atoms with Crippen LogP contribution in [0.3, 0.4) is 0 Å². The lowest BCUT2D eigenvalue weighted by atomic mass is 10.2. The molecular formula is C20H22FN3OS2. The molecule has 1 saturated heterocycles. The molecule has 1 aliphatic heterocycles. The fourth-order valence-corrected chi connectivity index (χ4v) is 4.93. The Labute approximate surface area is 166 Å². The molecule has 27 heavy (non-hydrogen) atoms. The maximum Gasteiger partial charge on any atom is 0.191 e. The fourth-order valence-electron chi connectivity index (χ4n) is 3.22. The number of ether oxygens (including phenoxy) is 1. The molecule has 4 nitrogen and oxygen atoms in total. The smallest absolute Gasteiger partial charge is 0.191 e. The van der Waals surface area contributed by atoms with Gasteiger partial charge in [-0.1, -0.05) is 30.8 Å². The molecule has 1 fully saturated rings. The Morgan fingerprint density at radius 2 is 2.26 bits per heavy atom. The van der Waals surface area contributed by atoms with Crippen LogP contribution in [-0.4, -0.2) is 27.5 Å². The van der Waals surface area contributed by atoms with Crippen molar-refractivity contribution in [1.82, 2.24) is 14.8 Å². The summed E-state index contributed by atoms with van der Waals surface area (Å²) in [6.45, 7) is 3.74. The van der Waals surface area contributed by atoms with E-state index >= 15 is 0 Å². The van der Waals surface area contributed by atoms with Crippen molar-refractivity contribution in [3.8, 4) is 11.4 Å². The highest BCUT2D eigenvalue weighted by Gasteiger charge is 2.22. The summed E-state index contributed by atoms with van der Waals surface area (Å²) in [4.78, 5) is 1.34. The Balaban J connectivity index is 1.59. The number of halogens is 1. The predicted molar refractivity (Wildman–Crippen MR) is 108 cm³/mol. The number of thioether (sulfide) groups is 1. The summed E-state index contributed by atoms with van der Waals surface area (Å²) in [5.41, 5.74) is 2.05. The van der Waals surface area contributed by atoms with Crippen LogP contribution in [0.2, 0.25) is 0 Å². The predicted octanol–water partition coefficient (Wildman–Crippen LogP) is 5.18. The molecule has 0 amide bonds. The summed E-state index contributed by atoms with van der Waals surface area (Å²) in [5, 5.41) is 11.9. The third-order valence-electron chi connectivity index (χ3n) is 4.64. The highest BCUT2D eigenvalue weighted by Crippen LogP contribution is 2.30. The first-order chi connectivity index (χ1) is 13.2. The summed E-state index contributed by atoms with van der Waals surface area (Å²) < 4.78 is 21.5. The van der Waals surface area contributed by atoms with E-state index in [0.717, 1.165) is 54.5 Å². The molecule has 1 atom stereocenters. The second-order valence-electron chi connectivity index (χ2n) is 6.63. The lowest BCUT2D eigenvalue weighted by molar-refractivity contribution is 0.0953. The number of hydrogen-bond donors (Lipinski definition) is 0. The number of benzene rings is 1. The molecule has 0 aliphatic carbocycles. The SMILES string of the molecule is CCc1cc(-c2nnc(SCc3cccc(F)c3)n2CC2CCCO2)cs1. The molecule has 0 bridgehead atoms. The minimum atomic E-state index is -0.208. The van der Waals surface area contributed by atoms with Gasteiger partial charge in [0, 0.05) is 28.2 Å². The zero-order valence-electron chi connectivity index (χ0n) is 15.2. The van der Waals surface area contributed by atoms with Crippen molar-refractivity contribution in [2.75, 3.05) is 6.61 Å². The highest BCUT2D eigenvalue weighted by molar-refractivity contribution is 7.98. The lowest BCUT2D eigenvalue weighted by Crippen LogP contribution is -2.16. The molecule has 0 saturated carbocycles. The topological polar surface area (TPSA) is 39.9 Å². The van der Waals surface area contributed by atoms with Crippen LogP contribution in [0.25, 0.3) is 11.4 Å². The number of nitrogens with zero attached hydrogens (tertiary/aromatic N) is 3. The van der Waals surface area contributed by atoms with Gasteiger partial charge in [-0.15, -0.1) is 21.5 Å². The van der Waals surface area contributed by atoms with Crippen molar-refractivity contribution in [3.63, 3.8) is 0 Å². The standard InChI is InChI=1S/C20H22FN3OS2/c1-2-18-10-15(13-26-18)19-22-23-20(24(19)11-17-7-4-8-25-17)27-12-14-5-3-6-16(21)9-14/h3,5-6,9-10,13,17H,2,4,7-8,11-12H2,1H3. The zero-order valence-corrected chi connectivity index (χ0v) is 16.9. The summed E-state index contributed by atoms with van der Waals surface area (Å²) in [7, 11) is 0. The quantitative estimate of drug-likeness (QED) is 0.510. The van der Waals surface area contributed by atoms with Gasteiger partial charge in [0.05, 0.1) is 12.6 Å². The second-order valence-corrected chi connectivity index (χ2v) is 8.56. The van der Waals surface area contributed by atoms with Gasteiger partial charge in [0.25, 0.3) is 0 Å². The zero-order chi connectivity index (χ0) is 18.6. The molecule has 0 N–H and O–H groups in total. The van der Waals surface area contributed by atoms with Gasteiger partial charge in [-0.3, -0.25) is 4.57 Å². The molecule has 7 heteroatoms. The Morgan fingerprint density at radius 1 is 1.33 bits per heavy atom. The third-order valence-corrected chi connectivity index (χ3v) is 6.76. The Kier molecular flexibility index (Phi) is 5.90. The van der Waals surface area contributed by atoms with Crippen LogP contribution >= 0.6 is 23.1 Å². The van der Waals surface area contributed by atoms with Gasteiger partial charge < -0.3 is 4.74 Å². The molecule has 1 aromatic carbocycles. The van der Waals surface area contributed by atoms with Gasteiger partial charge in [0.1, 0.15) is 5.82 Å². The maximum atomic E-state index is 13.4. The van der Waals surface area contributed by atoms with Gasteiger partial charge in [-0.25, -0.2) is 4.39 Å². The molecule has 4 rings (SSSR count). The third kappa shape index (κ3) is 4.42. The number of aryl methyl sites for hydroxylation is 1. The first-order valence-electron chi connectivity index (χ1n) is 9.22. The van der Waals surface area contributed by atoms with Crippen molar-refractivity contribution < 1.29 is 9.13 Å². The minimum Gasteiger partial charge on any atom is -0.376 e. The first kappa shape index (κ1) is 18.7. The molecule has 3 aromatic rings. The van der Waals surface area contributed by atoms with Crippen molar-refractivity contribution >= 4 is 23.1 Å². The van der Waals surface area contributed by atoms with E-state index in [1.54, 1.807) is 35.2 Å². The number of thiophene rings is 1. The van der Waals surface area contributed by atoms with Crippen LogP contribution in [-0.2, 0) is 23.5 Å². The average molecular weight is 404 g/mol. The van der Waals surface area contributed by atoms with Crippen LogP contribution in [0.4, 0.5) is 4.39 Å². The molecule has 1 unspecified atom stereocenters. The van der Waals surface area contributed by atoms with Crippen LogP contribution in [0.1, 0.15) is 30.2 Å². The van der Waals surface area contributed by atoms with Gasteiger partial charge in [0.2, 0.25) is 0 Å². The van der Waals surface area contributed by atoms with E-state index in [1.807, 2.05) is 6.07 Å². The van der Waals surface area contributed by atoms with Gasteiger partial charge in [-0.2, -0.15) is 0 Å². The van der Waals surface area contributed by atoms with Gasteiger partial charge in [0.15, 0.2) is 11.0 Å². The molecule has 0 radical (unpaired) electrons. The number of rotatable bonds is 7. The molecule has 1 aliphatic rings. The highest BCUT2D eigenvalue weighted by atomic mass is 32.2. The van der Waals surface area contributed by atoms with E-state index < -0.39 is 0 Å². The van der Waals surface area contributed by atoms with Crippen LogP contribution < -0.4 is 0 Å². The van der Waals surface area contributed by atoms with E-state index in [4.69, 9.17) is 4.74 Å². The molecule has 142 valence electrons. The van der Waals surface area contributed by atoms with Crippen molar-refractivity contribution in [2.24, 2.45) is 0 Å². The van der Waals surface area contributed by atoms with Crippen molar-refractivity contribution in [2.45, 2.75) is 49.7 Å². The van der Waals surface area contributed by atoms with Gasteiger partial charge >= 0.3 is 0 Å². The molecule has 2 aromatic heterocycles. The first-order valence-corrected chi connectivity index (χ1v) is 11.1. The van der Waals surface area contributed by atoms with E-state index in [2.05, 4.69) is 33.1 Å². The molecule has 0 spiro atoms. The fraction of sp³-hybridized carbons (Fsp3) is 0.400. The van der Waals surface area contributed by atoms with Crippen molar-refractivity contribution in [1.29, 1.82) is 0 Å².